The van der Waals surface area contributed by atoms with Crippen LogP contribution in [0.5, 0.6) is 0 Å². The molecule has 2 rings (SSSR count). The van der Waals surface area contributed by atoms with Crippen molar-refractivity contribution in [1.29, 1.82) is 0 Å². The standard InChI is InChI=1S/C16H21BrFN3/c1-3-8-21-9-7-20-16(21)11-15(19-4-2)12-5-6-13(17)14(18)10-12/h5-7,9-10,15,19H,3-4,8,11H2,1-2H3. The van der Waals surface area contributed by atoms with Gasteiger partial charge >= 0.3 is 0 Å². The largest absolute Gasteiger partial charge is 0.335 e. The Morgan fingerprint density at radius 2 is 2.19 bits per heavy atom. The third-order valence-corrected chi connectivity index (χ3v) is 4.09. The number of halogens is 2. The molecular formula is C16H21BrFN3. The summed E-state index contributed by atoms with van der Waals surface area (Å²) in [7, 11) is 0. The van der Waals surface area contributed by atoms with Crippen LogP contribution >= 0.6 is 15.9 Å². The van der Waals surface area contributed by atoms with Crippen LogP contribution in [0.1, 0.15) is 37.7 Å². The second-order valence-electron chi connectivity index (χ2n) is 5.02. The molecule has 0 saturated carbocycles. The Balaban J connectivity index is 2.22. The number of hydrogen-bond donors (Lipinski definition) is 1. The number of aryl methyl sites for hydroxylation is 1. The highest BCUT2D eigenvalue weighted by Gasteiger charge is 2.15. The topological polar surface area (TPSA) is 29.9 Å². The van der Waals surface area contributed by atoms with Crippen LogP contribution in [-0.2, 0) is 13.0 Å². The lowest BCUT2D eigenvalue weighted by Gasteiger charge is -2.19. The highest BCUT2D eigenvalue weighted by Crippen LogP contribution is 2.23. The third kappa shape index (κ3) is 4.14. The van der Waals surface area contributed by atoms with Gasteiger partial charge in [0.25, 0.3) is 0 Å². The van der Waals surface area contributed by atoms with Crippen LogP contribution in [0.4, 0.5) is 4.39 Å². The van der Waals surface area contributed by atoms with Crippen LogP contribution in [0.3, 0.4) is 0 Å². The second kappa shape index (κ2) is 7.71. The van der Waals surface area contributed by atoms with E-state index >= 15 is 0 Å². The number of likely N-dealkylation sites (N-methyl/N-ethyl adjacent to an activating group) is 1. The van der Waals surface area contributed by atoms with Crippen LogP contribution < -0.4 is 5.32 Å². The maximum absolute atomic E-state index is 13.8. The average Bonchev–Trinajstić information content (AvgIpc) is 2.89. The molecule has 0 radical (unpaired) electrons. The molecule has 3 nitrogen and oxygen atoms in total. The molecule has 0 aliphatic heterocycles. The minimum absolute atomic E-state index is 0.0654. The molecule has 1 unspecified atom stereocenters. The van der Waals surface area contributed by atoms with Gasteiger partial charge in [-0.25, -0.2) is 9.37 Å². The van der Waals surface area contributed by atoms with Gasteiger partial charge in [-0.1, -0.05) is 19.9 Å². The van der Waals surface area contributed by atoms with Crippen molar-refractivity contribution in [3.63, 3.8) is 0 Å². The van der Waals surface area contributed by atoms with Gasteiger partial charge in [0.2, 0.25) is 0 Å². The molecule has 2 aromatic rings. The molecular weight excluding hydrogens is 333 g/mol. The summed E-state index contributed by atoms with van der Waals surface area (Å²) in [5.74, 6) is 0.804. The van der Waals surface area contributed by atoms with Gasteiger partial charge in [-0.3, -0.25) is 0 Å². The Hall–Kier alpha value is -1.20. The van der Waals surface area contributed by atoms with E-state index in [0.29, 0.717) is 4.47 Å². The first-order valence-electron chi connectivity index (χ1n) is 7.34. The first kappa shape index (κ1) is 16.2. The number of rotatable bonds is 7. The quantitative estimate of drug-likeness (QED) is 0.812. The molecule has 5 heteroatoms. The van der Waals surface area contributed by atoms with Gasteiger partial charge in [0.1, 0.15) is 11.6 Å². The predicted molar refractivity (Wildman–Crippen MR) is 86.7 cm³/mol. The van der Waals surface area contributed by atoms with E-state index < -0.39 is 0 Å². The Morgan fingerprint density at radius 1 is 1.38 bits per heavy atom. The van der Waals surface area contributed by atoms with Gasteiger partial charge in [-0.2, -0.15) is 0 Å². The summed E-state index contributed by atoms with van der Waals surface area (Å²) < 4.78 is 16.4. The van der Waals surface area contributed by atoms with Crippen molar-refractivity contribution in [3.05, 3.63) is 52.3 Å². The van der Waals surface area contributed by atoms with Gasteiger partial charge in [-0.15, -0.1) is 0 Å². The molecule has 0 bridgehead atoms. The molecule has 0 fully saturated rings. The highest BCUT2D eigenvalue weighted by atomic mass is 79.9. The summed E-state index contributed by atoms with van der Waals surface area (Å²) in [5.41, 5.74) is 0.948. The van der Waals surface area contributed by atoms with Crippen molar-refractivity contribution in [2.75, 3.05) is 6.54 Å². The number of benzene rings is 1. The Morgan fingerprint density at radius 3 is 2.86 bits per heavy atom. The SMILES string of the molecule is CCCn1ccnc1CC(NCC)c1ccc(Br)c(F)c1. The zero-order chi connectivity index (χ0) is 15.2. The van der Waals surface area contributed by atoms with E-state index in [1.807, 2.05) is 18.5 Å². The lowest BCUT2D eigenvalue weighted by atomic mass is 10.0. The summed E-state index contributed by atoms with van der Waals surface area (Å²) in [6.45, 7) is 6.00. The fourth-order valence-corrected chi connectivity index (χ4v) is 2.69. The molecule has 1 N–H and O–H groups in total. The molecule has 1 heterocycles. The van der Waals surface area contributed by atoms with Gasteiger partial charge < -0.3 is 9.88 Å². The van der Waals surface area contributed by atoms with Crippen LogP contribution in [0, 0.1) is 5.82 Å². The predicted octanol–water partition coefficient (Wildman–Crippen LogP) is 4.09. The molecule has 0 saturated heterocycles. The van der Waals surface area contributed by atoms with E-state index in [0.717, 1.165) is 37.3 Å². The van der Waals surface area contributed by atoms with E-state index in [-0.39, 0.29) is 11.9 Å². The first-order chi connectivity index (χ1) is 10.2. The summed E-state index contributed by atoms with van der Waals surface area (Å²) in [6, 6.07) is 5.36. The normalized spacial score (nSPS) is 12.6. The van der Waals surface area contributed by atoms with Gasteiger partial charge in [0, 0.05) is 31.4 Å². The monoisotopic (exact) mass is 353 g/mol. The Bertz CT molecular complexity index is 583. The number of nitrogens with zero attached hydrogens (tertiary/aromatic N) is 2. The fourth-order valence-electron chi connectivity index (χ4n) is 2.44. The summed E-state index contributed by atoms with van der Waals surface area (Å²) in [5, 5.41) is 3.42. The van der Waals surface area contributed by atoms with Gasteiger partial charge in [0.15, 0.2) is 0 Å². The molecule has 21 heavy (non-hydrogen) atoms. The van der Waals surface area contributed by atoms with E-state index in [2.05, 4.69) is 44.6 Å². The number of imidazole rings is 1. The third-order valence-electron chi connectivity index (χ3n) is 3.45. The number of nitrogens with one attached hydrogen (secondary N) is 1. The van der Waals surface area contributed by atoms with Crippen molar-refractivity contribution < 1.29 is 4.39 Å². The maximum Gasteiger partial charge on any atom is 0.137 e. The smallest absolute Gasteiger partial charge is 0.137 e. The molecule has 1 aromatic heterocycles. The molecule has 0 amide bonds. The molecule has 1 aromatic carbocycles. The average molecular weight is 354 g/mol. The minimum Gasteiger partial charge on any atom is -0.335 e. The first-order valence-corrected chi connectivity index (χ1v) is 8.13. The van der Waals surface area contributed by atoms with Crippen LogP contribution in [-0.4, -0.2) is 16.1 Å². The summed E-state index contributed by atoms with van der Waals surface area (Å²) in [4.78, 5) is 4.44. The molecule has 0 aliphatic carbocycles. The molecule has 0 aliphatic rings. The summed E-state index contributed by atoms with van der Waals surface area (Å²) >= 11 is 3.20. The second-order valence-corrected chi connectivity index (χ2v) is 5.88. The van der Waals surface area contributed by atoms with E-state index in [1.165, 1.54) is 0 Å². The van der Waals surface area contributed by atoms with Crippen molar-refractivity contribution in [2.24, 2.45) is 0 Å². The molecule has 0 spiro atoms. The maximum atomic E-state index is 13.8. The number of aromatic nitrogens is 2. The lowest BCUT2D eigenvalue weighted by Crippen LogP contribution is -2.24. The van der Waals surface area contributed by atoms with Crippen LogP contribution in [0.25, 0.3) is 0 Å². The van der Waals surface area contributed by atoms with Crippen molar-refractivity contribution in [2.45, 2.75) is 39.3 Å². The van der Waals surface area contributed by atoms with Crippen LogP contribution in [0.15, 0.2) is 35.1 Å². The summed E-state index contributed by atoms with van der Waals surface area (Å²) in [6.07, 6.45) is 5.66. The highest BCUT2D eigenvalue weighted by molar-refractivity contribution is 9.10. The lowest BCUT2D eigenvalue weighted by molar-refractivity contribution is 0.512. The van der Waals surface area contributed by atoms with Crippen molar-refractivity contribution in [3.8, 4) is 0 Å². The van der Waals surface area contributed by atoms with Gasteiger partial charge in [0.05, 0.1) is 4.47 Å². The van der Waals surface area contributed by atoms with Crippen molar-refractivity contribution >= 4 is 15.9 Å². The van der Waals surface area contributed by atoms with Gasteiger partial charge in [-0.05, 0) is 46.6 Å². The molecule has 114 valence electrons. The molecule has 1 atom stereocenters. The van der Waals surface area contributed by atoms with E-state index in [4.69, 9.17) is 0 Å². The zero-order valence-electron chi connectivity index (χ0n) is 12.4. The van der Waals surface area contributed by atoms with E-state index in [9.17, 15) is 4.39 Å². The number of hydrogen-bond acceptors (Lipinski definition) is 2. The van der Waals surface area contributed by atoms with Crippen LogP contribution in [0.2, 0.25) is 0 Å². The minimum atomic E-state index is -0.229. The van der Waals surface area contributed by atoms with E-state index in [1.54, 1.807) is 12.1 Å². The van der Waals surface area contributed by atoms with Crippen molar-refractivity contribution in [1.82, 2.24) is 14.9 Å². The zero-order valence-corrected chi connectivity index (χ0v) is 14.0. The Kier molecular flexibility index (Phi) is 5.94. The fraction of sp³-hybridized carbons (Fsp3) is 0.438. The Labute approximate surface area is 133 Å².